The van der Waals surface area contributed by atoms with E-state index < -0.39 is 5.60 Å². The van der Waals surface area contributed by atoms with Gasteiger partial charge in [-0.25, -0.2) is 4.68 Å². The van der Waals surface area contributed by atoms with Gasteiger partial charge in [0.25, 0.3) is 0 Å². The van der Waals surface area contributed by atoms with Crippen molar-refractivity contribution in [1.82, 2.24) is 30.1 Å². The number of benzene rings is 1. The van der Waals surface area contributed by atoms with E-state index in [0.717, 1.165) is 24.3 Å². The number of piperidine rings is 1. The molecule has 1 unspecified atom stereocenters. The molecule has 0 aliphatic carbocycles. The van der Waals surface area contributed by atoms with Crippen molar-refractivity contribution in [2.45, 2.75) is 25.0 Å². The van der Waals surface area contributed by atoms with Crippen molar-refractivity contribution in [1.29, 1.82) is 0 Å². The van der Waals surface area contributed by atoms with E-state index in [4.69, 9.17) is 0 Å². The molecule has 3 aromatic rings. The molecule has 0 saturated carbocycles. The monoisotopic (exact) mass is 324 g/mol. The van der Waals surface area contributed by atoms with Crippen molar-refractivity contribution in [3.63, 3.8) is 0 Å². The van der Waals surface area contributed by atoms with Gasteiger partial charge in [0.1, 0.15) is 11.3 Å². The van der Waals surface area contributed by atoms with Gasteiger partial charge in [0, 0.05) is 19.3 Å². The van der Waals surface area contributed by atoms with Crippen molar-refractivity contribution in [2.75, 3.05) is 13.1 Å². The first-order chi connectivity index (χ1) is 11.7. The molecule has 1 aliphatic heterocycles. The highest BCUT2D eigenvalue weighted by molar-refractivity contribution is 5.30. The molecule has 3 heterocycles. The van der Waals surface area contributed by atoms with Crippen LogP contribution < -0.4 is 0 Å². The summed E-state index contributed by atoms with van der Waals surface area (Å²) in [6.45, 7) is 2.19. The fraction of sp³-hybridized carbons (Fsp3) is 0.353. The molecule has 0 amide bonds. The number of likely N-dealkylation sites (tertiary alicyclic amines) is 1. The molecule has 0 spiro atoms. The van der Waals surface area contributed by atoms with E-state index in [1.165, 1.54) is 0 Å². The van der Waals surface area contributed by atoms with E-state index in [1.807, 2.05) is 47.3 Å². The smallest absolute Gasteiger partial charge is 0.123 e. The van der Waals surface area contributed by atoms with Crippen LogP contribution >= 0.6 is 0 Å². The Balaban J connectivity index is 1.47. The molecule has 7 heteroatoms. The number of aromatic nitrogens is 5. The van der Waals surface area contributed by atoms with Crippen LogP contribution in [0.3, 0.4) is 0 Å². The maximum absolute atomic E-state index is 10.9. The van der Waals surface area contributed by atoms with Crippen molar-refractivity contribution >= 4 is 0 Å². The molecule has 7 nitrogen and oxygen atoms in total. The van der Waals surface area contributed by atoms with Crippen molar-refractivity contribution in [2.24, 2.45) is 0 Å². The Hall–Kier alpha value is -2.51. The number of nitrogens with zero attached hydrogens (tertiary/aromatic N) is 5. The number of para-hydroxylation sites is 1. The van der Waals surface area contributed by atoms with Crippen LogP contribution in [0.25, 0.3) is 5.69 Å². The zero-order valence-electron chi connectivity index (χ0n) is 13.3. The number of aromatic amines is 1. The highest BCUT2D eigenvalue weighted by Crippen LogP contribution is 2.30. The predicted octanol–water partition coefficient (Wildman–Crippen LogP) is 1.47. The minimum absolute atomic E-state index is 0.539. The lowest BCUT2D eigenvalue weighted by atomic mass is 9.90. The maximum Gasteiger partial charge on any atom is 0.123 e. The van der Waals surface area contributed by atoms with Crippen LogP contribution in [0, 0.1) is 0 Å². The third-order valence-corrected chi connectivity index (χ3v) is 4.49. The van der Waals surface area contributed by atoms with Crippen LogP contribution in [-0.2, 0) is 12.1 Å². The molecule has 124 valence electrons. The zero-order chi connectivity index (χ0) is 16.4. The molecule has 1 aromatic carbocycles. The minimum Gasteiger partial charge on any atom is -0.382 e. The summed E-state index contributed by atoms with van der Waals surface area (Å²) in [6, 6.07) is 12.1. The molecule has 1 atom stereocenters. The van der Waals surface area contributed by atoms with Gasteiger partial charge in [-0.05, 0) is 37.6 Å². The molecule has 0 bridgehead atoms. The SMILES string of the molecule is OC1(c2cn[nH]n2)CCCN(Cc2ccn(-c3ccccc3)n2)C1. The lowest BCUT2D eigenvalue weighted by Gasteiger charge is -2.37. The second-order valence-corrected chi connectivity index (χ2v) is 6.29. The Bertz CT molecular complexity index is 785. The van der Waals surface area contributed by atoms with Crippen molar-refractivity contribution < 1.29 is 5.11 Å². The molecule has 24 heavy (non-hydrogen) atoms. The molecule has 4 rings (SSSR count). The number of H-pyrrole nitrogens is 1. The lowest BCUT2D eigenvalue weighted by molar-refractivity contribution is -0.0417. The Morgan fingerprint density at radius 3 is 2.88 bits per heavy atom. The summed E-state index contributed by atoms with van der Waals surface area (Å²) in [5.41, 5.74) is 1.71. The summed E-state index contributed by atoms with van der Waals surface area (Å²) in [5, 5.41) is 26.0. The van der Waals surface area contributed by atoms with Gasteiger partial charge in [0.05, 0.1) is 17.6 Å². The molecular weight excluding hydrogens is 304 g/mol. The van der Waals surface area contributed by atoms with E-state index in [0.29, 0.717) is 25.2 Å². The van der Waals surface area contributed by atoms with E-state index in [-0.39, 0.29) is 0 Å². The first-order valence-electron chi connectivity index (χ1n) is 8.14. The van der Waals surface area contributed by atoms with Gasteiger partial charge >= 0.3 is 0 Å². The highest BCUT2D eigenvalue weighted by atomic mass is 16.3. The van der Waals surface area contributed by atoms with Gasteiger partial charge < -0.3 is 5.11 Å². The Morgan fingerprint density at radius 1 is 1.21 bits per heavy atom. The number of rotatable bonds is 4. The largest absolute Gasteiger partial charge is 0.382 e. The van der Waals surface area contributed by atoms with Crippen LogP contribution in [0.15, 0.2) is 48.8 Å². The summed E-state index contributed by atoms with van der Waals surface area (Å²) >= 11 is 0. The van der Waals surface area contributed by atoms with E-state index in [9.17, 15) is 5.11 Å². The van der Waals surface area contributed by atoms with Crippen LogP contribution in [0.1, 0.15) is 24.2 Å². The third-order valence-electron chi connectivity index (χ3n) is 4.49. The lowest BCUT2D eigenvalue weighted by Crippen LogP contribution is -2.46. The molecule has 2 N–H and O–H groups in total. The van der Waals surface area contributed by atoms with Gasteiger partial charge in [0.15, 0.2) is 0 Å². The molecule has 1 saturated heterocycles. The standard InChI is InChI=1S/C17H20N6O/c24-17(16-11-18-21-19-16)8-4-9-22(13-17)12-14-7-10-23(20-14)15-5-2-1-3-6-15/h1-3,5-7,10-11,24H,4,8-9,12-13H2,(H,18,19,21). The molecule has 2 aromatic heterocycles. The molecule has 1 aliphatic rings. The summed E-state index contributed by atoms with van der Waals surface area (Å²) in [6.07, 6.45) is 5.20. The van der Waals surface area contributed by atoms with Crippen molar-refractivity contribution in [3.05, 3.63) is 60.2 Å². The van der Waals surface area contributed by atoms with Crippen LogP contribution in [0.5, 0.6) is 0 Å². The molecular formula is C17H20N6O. The van der Waals surface area contributed by atoms with Crippen LogP contribution in [0.2, 0.25) is 0 Å². The highest BCUT2D eigenvalue weighted by Gasteiger charge is 2.37. The van der Waals surface area contributed by atoms with Gasteiger partial charge in [0.2, 0.25) is 0 Å². The zero-order valence-corrected chi connectivity index (χ0v) is 13.3. The minimum atomic E-state index is -0.937. The fourth-order valence-electron chi connectivity index (χ4n) is 3.29. The Labute approximate surface area is 139 Å². The fourth-order valence-corrected chi connectivity index (χ4v) is 3.29. The van der Waals surface area contributed by atoms with E-state index in [2.05, 4.69) is 25.4 Å². The van der Waals surface area contributed by atoms with Crippen LogP contribution in [0.4, 0.5) is 0 Å². The summed E-state index contributed by atoms with van der Waals surface area (Å²) in [5.74, 6) is 0. The summed E-state index contributed by atoms with van der Waals surface area (Å²) in [4.78, 5) is 2.22. The third kappa shape index (κ3) is 2.95. The van der Waals surface area contributed by atoms with Gasteiger partial charge in [-0.15, -0.1) is 0 Å². The van der Waals surface area contributed by atoms with E-state index in [1.54, 1.807) is 6.20 Å². The topological polar surface area (TPSA) is 82.9 Å². The number of aliphatic hydroxyl groups is 1. The molecule has 0 radical (unpaired) electrons. The number of hydrogen-bond acceptors (Lipinski definition) is 5. The second kappa shape index (κ2) is 6.18. The summed E-state index contributed by atoms with van der Waals surface area (Å²) < 4.78 is 1.88. The number of hydrogen-bond donors (Lipinski definition) is 2. The number of β-amino-alcohol motifs (C(OH)–C–C–N with tert-alkyl or cyclic N) is 1. The molecule has 1 fully saturated rings. The van der Waals surface area contributed by atoms with E-state index >= 15 is 0 Å². The van der Waals surface area contributed by atoms with Gasteiger partial charge in [-0.1, -0.05) is 18.2 Å². The Kier molecular flexibility index (Phi) is 3.87. The first kappa shape index (κ1) is 15.0. The maximum atomic E-state index is 10.9. The van der Waals surface area contributed by atoms with Gasteiger partial charge in [-0.3, -0.25) is 4.90 Å². The first-order valence-corrected chi connectivity index (χ1v) is 8.14. The average Bonchev–Trinajstić information content (AvgIpc) is 3.28. The average molecular weight is 324 g/mol. The van der Waals surface area contributed by atoms with Crippen LogP contribution in [-0.4, -0.2) is 48.3 Å². The summed E-state index contributed by atoms with van der Waals surface area (Å²) in [7, 11) is 0. The number of nitrogens with one attached hydrogen (secondary N) is 1. The predicted molar refractivity (Wildman–Crippen MR) is 88.4 cm³/mol. The Morgan fingerprint density at radius 2 is 2.08 bits per heavy atom. The normalized spacial score (nSPS) is 21.9. The quantitative estimate of drug-likeness (QED) is 0.759. The van der Waals surface area contributed by atoms with Crippen molar-refractivity contribution in [3.8, 4) is 5.69 Å². The second-order valence-electron chi connectivity index (χ2n) is 6.29. The van der Waals surface area contributed by atoms with Gasteiger partial charge in [-0.2, -0.15) is 20.5 Å².